The van der Waals surface area contributed by atoms with E-state index < -0.39 is 81.3 Å². The van der Waals surface area contributed by atoms with Crippen LogP contribution in [0.25, 0.3) is 6.08 Å². The van der Waals surface area contributed by atoms with Crippen molar-refractivity contribution in [3.8, 4) is 11.5 Å². The lowest BCUT2D eigenvalue weighted by Gasteiger charge is -2.32. The summed E-state index contributed by atoms with van der Waals surface area (Å²) in [6.45, 7) is -1.73. The lowest BCUT2D eigenvalue weighted by Crippen LogP contribution is -2.58. The Morgan fingerprint density at radius 1 is 0.765 bits per heavy atom. The molecule has 0 atom stereocenters. The van der Waals surface area contributed by atoms with E-state index in [4.69, 9.17) is 0 Å². The van der Waals surface area contributed by atoms with Crippen LogP contribution < -0.4 is 9.47 Å². The molecule has 0 aliphatic rings. The summed E-state index contributed by atoms with van der Waals surface area (Å²) in [7, 11) is -4.25. The third-order valence-electron chi connectivity index (χ3n) is 4.23. The van der Waals surface area contributed by atoms with Crippen molar-refractivity contribution in [1.82, 2.24) is 0 Å². The van der Waals surface area contributed by atoms with Gasteiger partial charge in [0.15, 0.2) is 41.3 Å². The summed E-state index contributed by atoms with van der Waals surface area (Å²) in [5.74, 6) is -30.9. The fourth-order valence-corrected chi connectivity index (χ4v) is 2.89. The lowest BCUT2D eigenvalue weighted by molar-refractivity contribution is -0.320. The minimum Gasteiger partial charge on any atom is -0.487 e. The number of benzene rings is 2. The number of rotatable bonds is 10. The molecule has 4 nitrogen and oxygen atoms in total. The van der Waals surface area contributed by atoms with E-state index in [2.05, 4.69) is 16.1 Å². The van der Waals surface area contributed by atoms with Crippen LogP contribution in [-0.2, 0) is 10.7 Å². The zero-order valence-electron chi connectivity index (χ0n) is 16.4. The van der Waals surface area contributed by atoms with E-state index in [1.54, 1.807) is 0 Å². The van der Waals surface area contributed by atoms with Gasteiger partial charge in [-0.1, -0.05) is 24.8 Å². The normalized spacial score (nSPS) is 12.7. The highest BCUT2D eigenvalue weighted by Crippen LogP contribution is 2.46. The first-order valence-electron chi connectivity index (χ1n) is 8.69. The van der Waals surface area contributed by atoms with Crippen molar-refractivity contribution >= 4 is 16.8 Å². The van der Waals surface area contributed by atoms with Crippen LogP contribution in [0.4, 0.5) is 43.9 Å². The third kappa shape index (κ3) is 5.08. The molecular formula is C19H12F10O4S. The van der Waals surface area contributed by atoms with Gasteiger partial charge in [-0.2, -0.15) is 35.1 Å². The number of thiol groups is 1. The molecular weight excluding hydrogens is 514 g/mol. The second-order valence-electron chi connectivity index (χ2n) is 6.52. The highest BCUT2D eigenvalue weighted by molar-refractivity contribution is 7.72. The van der Waals surface area contributed by atoms with E-state index >= 15 is 0 Å². The molecule has 0 aliphatic carbocycles. The van der Waals surface area contributed by atoms with Crippen LogP contribution in [0.3, 0.4) is 0 Å². The maximum Gasteiger partial charge on any atom is 0.378 e. The molecule has 0 saturated heterocycles. The van der Waals surface area contributed by atoms with Crippen molar-refractivity contribution in [2.75, 3.05) is 13.2 Å². The monoisotopic (exact) mass is 526 g/mol. The maximum absolute atomic E-state index is 13.9. The summed E-state index contributed by atoms with van der Waals surface area (Å²) in [6, 6.07) is 4.69. The summed E-state index contributed by atoms with van der Waals surface area (Å²) in [6.07, 6.45) is 1.35. The first kappa shape index (κ1) is 27.3. The molecule has 0 aliphatic heterocycles. The van der Waals surface area contributed by atoms with Gasteiger partial charge in [0, 0.05) is 0 Å². The molecule has 15 heteroatoms. The second kappa shape index (κ2) is 9.72. The van der Waals surface area contributed by atoms with Crippen molar-refractivity contribution in [1.29, 1.82) is 0 Å². The van der Waals surface area contributed by atoms with Gasteiger partial charge in [-0.3, -0.25) is 0 Å². The molecule has 0 aromatic heterocycles. The van der Waals surface area contributed by atoms with Gasteiger partial charge in [0.2, 0.25) is 11.6 Å². The number of alkyl halides is 6. The first-order chi connectivity index (χ1) is 15.6. The SMILES string of the molecule is C=Cc1ccc(OCC(F)(F)C(F)(F)C(F)(F)COc2c(F)c(F)c([SH](=O)=O)c(F)c2F)cc1. The number of hydrogen-bond acceptors (Lipinski definition) is 4. The molecule has 0 radical (unpaired) electrons. The van der Waals surface area contributed by atoms with Crippen molar-refractivity contribution < 1.29 is 61.8 Å². The Morgan fingerprint density at radius 2 is 1.21 bits per heavy atom. The molecule has 0 amide bonds. The van der Waals surface area contributed by atoms with Crippen LogP contribution >= 0.6 is 0 Å². The fraction of sp³-hybridized carbons (Fsp3) is 0.263. The molecule has 188 valence electrons. The van der Waals surface area contributed by atoms with E-state index in [0.717, 1.165) is 12.1 Å². The Morgan fingerprint density at radius 3 is 1.62 bits per heavy atom. The Hall–Kier alpha value is -2.97. The van der Waals surface area contributed by atoms with Crippen LogP contribution in [-0.4, -0.2) is 39.4 Å². The van der Waals surface area contributed by atoms with Crippen LogP contribution in [0.1, 0.15) is 5.56 Å². The largest absolute Gasteiger partial charge is 0.487 e. The number of hydrogen-bond donors (Lipinski definition) is 1. The summed E-state index contributed by atoms with van der Waals surface area (Å²) in [5.41, 5.74) is 0.496. The lowest BCUT2D eigenvalue weighted by atomic mass is 10.1. The number of halogens is 10. The van der Waals surface area contributed by atoms with E-state index in [1.165, 1.54) is 18.2 Å². The average molecular weight is 526 g/mol. The van der Waals surface area contributed by atoms with Gasteiger partial charge in [-0.15, -0.1) is 0 Å². The summed E-state index contributed by atoms with van der Waals surface area (Å²) in [5, 5.41) is 0. The maximum atomic E-state index is 13.9. The Bertz CT molecular complexity index is 1110. The minimum absolute atomic E-state index is 0.396. The zero-order chi connectivity index (χ0) is 26.1. The van der Waals surface area contributed by atoms with Gasteiger partial charge in [-0.25, -0.2) is 17.2 Å². The first-order valence-corrected chi connectivity index (χ1v) is 9.87. The molecule has 0 spiro atoms. The number of ether oxygens (including phenoxy) is 2. The van der Waals surface area contributed by atoms with E-state index in [9.17, 15) is 52.3 Å². The van der Waals surface area contributed by atoms with E-state index in [1.807, 2.05) is 0 Å². The molecule has 0 saturated carbocycles. The van der Waals surface area contributed by atoms with Crippen LogP contribution in [0, 0.1) is 23.3 Å². The Kier molecular flexibility index (Phi) is 7.80. The van der Waals surface area contributed by atoms with Crippen molar-refractivity contribution in [3.63, 3.8) is 0 Å². The van der Waals surface area contributed by atoms with Gasteiger partial charge < -0.3 is 9.47 Å². The standard InChI is InChI=1S/C19H12F10O4S/c1-2-9-3-5-10(6-4-9)32-7-17(24,25)19(28,29)18(26,27)8-33-15-11(20)13(22)16(34(30)31)14(23)12(15)21/h2-6,34H,1,7-8H2. The van der Waals surface area contributed by atoms with Crippen LogP contribution in [0.2, 0.25) is 0 Å². The van der Waals surface area contributed by atoms with Gasteiger partial charge >= 0.3 is 17.8 Å². The van der Waals surface area contributed by atoms with E-state index in [0.29, 0.717) is 5.56 Å². The van der Waals surface area contributed by atoms with Gasteiger partial charge in [0.05, 0.1) is 0 Å². The van der Waals surface area contributed by atoms with Crippen LogP contribution in [0.5, 0.6) is 11.5 Å². The fourth-order valence-electron chi connectivity index (χ4n) is 2.37. The van der Waals surface area contributed by atoms with Gasteiger partial charge in [0.25, 0.3) is 0 Å². The quantitative estimate of drug-likeness (QED) is 0.262. The molecule has 0 unspecified atom stereocenters. The molecule has 34 heavy (non-hydrogen) atoms. The van der Waals surface area contributed by atoms with Crippen LogP contribution in [0.15, 0.2) is 35.7 Å². The average Bonchev–Trinajstić information content (AvgIpc) is 2.76. The van der Waals surface area contributed by atoms with Crippen molar-refractivity contribution in [2.24, 2.45) is 0 Å². The highest BCUT2D eigenvalue weighted by Gasteiger charge is 2.72. The predicted molar refractivity (Wildman–Crippen MR) is 97.2 cm³/mol. The minimum atomic E-state index is -6.25. The summed E-state index contributed by atoms with van der Waals surface area (Å²) < 4.78 is 168. The molecule has 2 rings (SSSR count). The zero-order valence-corrected chi connectivity index (χ0v) is 17.3. The van der Waals surface area contributed by atoms with Crippen molar-refractivity contribution in [2.45, 2.75) is 22.7 Å². The molecule has 2 aromatic rings. The topological polar surface area (TPSA) is 52.6 Å². The molecule has 0 bridgehead atoms. The summed E-state index contributed by atoms with van der Waals surface area (Å²) in [4.78, 5) is -2.13. The Balaban J connectivity index is 2.24. The smallest absolute Gasteiger partial charge is 0.378 e. The predicted octanol–water partition coefficient (Wildman–Crippen LogP) is 5.22. The van der Waals surface area contributed by atoms with Gasteiger partial charge in [-0.05, 0) is 17.7 Å². The molecule has 0 N–H and O–H groups in total. The third-order valence-corrected chi connectivity index (χ3v) is 4.99. The summed E-state index contributed by atoms with van der Waals surface area (Å²) >= 11 is 0. The van der Waals surface area contributed by atoms with Crippen molar-refractivity contribution in [3.05, 3.63) is 59.7 Å². The Labute approximate surface area is 186 Å². The van der Waals surface area contributed by atoms with E-state index in [-0.39, 0.29) is 0 Å². The molecule has 0 heterocycles. The molecule has 0 fully saturated rings. The van der Waals surface area contributed by atoms with Gasteiger partial charge in [0.1, 0.15) is 10.6 Å². The highest BCUT2D eigenvalue weighted by atomic mass is 32.2. The second-order valence-corrected chi connectivity index (χ2v) is 7.49. The molecule has 2 aromatic carbocycles.